The standard InChI is InChI=1S/C11H16O2S2.Na.H/c1-10(2)7-3-4-11(10,8(12)5-7)6-13-9(14)15;;/h7H,3-6H2,1-2H3,(H,14,15);;. The van der Waals surface area contributed by atoms with Gasteiger partial charge in [0.25, 0.3) is 0 Å². The minimum absolute atomic E-state index is 0. The molecule has 0 N–H and O–H groups in total. The molecule has 2 aliphatic rings. The van der Waals surface area contributed by atoms with Crippen LogP contribution in [0.1, 0.15) is 33.1 Å². The molecule has 86 valence electrons. The summed E-state index contributed by atoms with van der Waals surface area (Å²) in [5.74, 6) is 0.885. The molecule has 5 heteroatoms. The molecule has 0 aromatic carbocycles. The number of fused-ring (bicyclic) bond motifs is 2. The number of carbonyl (C=O) groups is 1. The van der Waals surface area contributed by atoms with E-state index in [0.29, 0.717) is 18.3 Å². The summed E-state index contributed by atoms with van der Waals surface area (Å²) in [6.07, 6.45) is 2.80. The van der Waals surface area contributed by atoms with Gasteiger partial charge in [-0.2, -0.15) is 0 Å². The van der Waals surface area contributed by atoms with Gasteiger partial charge in [-0.15, -0.1) is 0 Å². The molecule has 0 radical (unpaired) electrons. The molecule has 2 atom stereocenters. The van der Waals surface area contributed by atoms with Crippen LogP contribution in [0.25, 0.3) is 0 Å². The zero-order chi connectivity index (χ0) is 11.3. The molecule has 0 aliphatic heterocycles. The third kappa shape index (κ3) is 2.01. The molecule has 0 amide bonds. The maximum atomic E-state index is 12.0. The number of ether oxygens (including phenoxy) is 1. The van der Waals surface area contributed by atoms with Crippen molar-refractivity contribution in [2.75, 3.05) is 6.61 Å². The van der Waals surface area contributed by atoms with Gasteiger partial charge in [0, 0.05) is 6.42 Å². The summed E-state index contributed by atoms with van der Waals surface area (Å²) >= 11 is 8.73. The first-order chi connectivity index (χ1) is 6.90. The van der Waals surface area contributed by atoms with Crippen molar-refractivity contribution in [1.82, 2.24) is 0 Å². The summed E-state index contributed by atoms with van der Waals surface area (Å²) in [5.41, 5.74) is -0.243. The Morgan fingerprint density at radius 2 is 2.25 bits per heavy atom. The first-order valence-corrected chi connectivity index (χ1v) is 6.15. The second-order valence-electron chi connectivity index (χ2n) is 5.22. The Bertz CT molecular complexity index is 330. The summed E-state index contributed by atoms with van der Waals surface area (Å²) in [5, 5.41) is 0. The molecule has 2 aliphatic carbocycles. The fourth-order valence-corrected chi connectivity index (χ4v) is 3.42. The molecular weight excluding hydrogens is 251 g/mol. The van der Waals surface area contributed by atoms with Crippen LogP contribution in [0.15, 0.2) is 0 Å². The van der Waals surface area contributed by atoms with Gasteiger partial charge in [-0.05, 0) is 36.4 Å². The topological polar surface area (TPSA) is 26.3 Å². The van der Waals surface area contributed by atoms with Gasteiger partial charge >= 0.3 is 29.6 Å². The third-order valence-corrected chi connectivity index (χ3v) is 4.83. The molecule has 0 aromatic rings. The summed E-state index contributed by atoms with van der Waals surface area (Å²) in [4.78, 5) is 12.0. The molecule has 2 bridgehead atoms. The van der Waals surface area contributed by atoms with Crippen LogP contribution in [0, 0.1) is 16.7 Å². The number of ketones is 1. The number of thiocarbonyl (C=S) groups is 1. The van der Waals surface area contributed by atoms with E-state index < -0.39 is 0 Å². The number of hydrogen-bond donors (Lipinski definition) is 1. The molecule has 0 spiro atoms. The van der Waals surface area contributed by atoms with E-state index in [2.05, 4.69) is 26.5 Å². The number of carbonyl (C=O) groups excluding carboxylic acids is 1. The molecule has 0 saturated heterocycles. The van der Waals surface area contributed by atoms with Gasteiger partial charge in [0.05, 0.1) is 5.41 Å². The average Bonchev–Trinajstić information content (AvgIpc) is 2.47. The van der Waals surface area contributed by atoms with Gasteiger partial charge in [-0.1, -0.05) is 26.5 Å². The number of thiol groups is 1. The zero-order valence-electron chi connectivity index (χ0n) is 9.08. The Labute approximate surface area is 130 Å². The van der Waals surface area contributed by atoms with Gasteiger partial charge in [0.15, 0.2) is 0 Å². The van der Waals surface area contributed by atoms with Crippen molar-refractivity contribution in [3.8, 4) is 0 Å². The maximum absolute atomic E-state index is 12.0. The monoisotopic (exact) mass is 268 g/mol. The second kappa shape index (κ2) is 4.88. The first-order valence-electron chi connectivity index (χ1n) is 5.29. The predicted octanol–water partition coefficient (Wildman–Crippen LogP) is 1.96. The van der Waals surface area contributed by atoms with E-state index in [1.165, 1.54) is 0 Å². The molecule has 2 rings (SSSR count). The summed E-state index contributed by atoms with van der Waals surface area (Å²) < 4.78 is 5.57. The van der Waals surface area contributed by atoms with Crippen LogP contribution < -0.4 is 0 Å². The van der Waals surface area contributed by atoms with E-state index in [-0.39, 0.29) is 44.8 Å². The Morgan fingerprint density at radius 1 is 1.62 bits per heavy atom. The van der Waals surface area contributed by atoms with Gasteiger partial charge in [-0.25, -0.2) is 0 Å². The van der Waals surface area contributed by atoms with E-state index >= 15 is 0 Å². The third-order valence-electron chi connectivity index (χ3n) is 4.58. The molecule has 16 heavy (non-hydrogen) atoms. The molecule has 0 aromatic heterocycles. The van der Waals surface area contributed by atoms with E-state index in [1.54, 1.807) is 0 Å². The summed E-state index contributed by atoms with van der Waals surface area (Å²) in [6, 6.07) is 0. The number of rotatable bonds is 2. The minimum atomic E-state index is -0.301. The van der Waals surface area contributed by atoms with Crippen LogP contribution in [-0.2, 0) is 9.53 Å². The van der Waals surface area contributed by atoms with Gasteiger partial charge in [0.1, 0.15) is 12.4 Å². The van der Waals surface area contributed by atoms with E-state index in [4.69, 9.17) is 17.0 Å². The number of Topliss-reactive ketones (excluding diaryl/α,β-unsaturated/α-hetero) is 1. The first kappa shape index (κ1) is 15.0. The quantitative estimate of drug-likeness (QED) is 0.471. The van der Waals surface area contributed by atoms with Crippen LogP contribution in [0.2, 0.25) is 0 Å². The Kier molecular flexibility index (Phi) is 4.57. The van der Waals surface area contributed by atoms with Gasteiger partial charge in [0.2, 0.25) is 4.38 Å². The van der Waals surface area contributed by atoms with Crippen molar-refractivity contribution in [2.45, 2.75) is 33.1 Å². The van der Waals surface area contributed by atoms with Crippen molar-refractivity contribution in [3.05, 3.63) is 0 Å². The van der Waals surface area contributed by atoms with Crippen LogP contribution in [0.5, 0.6) is 0 Å². The summed E-state index contributed by atoms with van der Waals surface area (Å²) in [6.45, 7) is 4.78. The summed E-state index contributed by atoms with van der Waals surface area (Å²) in [7, 11) is 0. The van der Waals surface area contributed by atoms with Crippen LogP contribution in [-0.4, -0.2) is 46.3 Å². The van der Waals surface area contributed by atoms with Gasteiger partial charge < -0.3 is 4.74 Å². The Hall–Kier alpha value is 0.910. The van der Waals surface area contributed by atoms with E-state index in [1.807, 2.05) is 0 Å². The van der Waals surface area contributed by atoms with Crippen LogP contribution in [0.4, 0.5) is 0 Å². The van der Waals surface area contributed by atoms with Crippen molar-refractivity contribution in [2.24, 2.45) is 16.7 Å². The van der Waals surface area contributed by atoms with Gasteiger partial charge in [-0.3, -0.25) is 4.79 Å². The normalized spacial score (nSPS) is 34.7. The van der Waals surface area contributed by atoms with E-state index in [9.17, 15) is 4.79 Å². The fraction of sp³-hybridized carbons (Fsp3) is 0.818. The Balaban J connectivity index is 0.00000128. The molecular formula is C11H17NaO2S2. The van der Waals surface area contributed by atoms with E-state index in [0.717, 1.165) is 19.3 Å². The second-order valence-corrected chi connectivity index (χ2v) is 6.30. The molecule has 2 nitrogen and oxygen atoms in total. The zero-order valence-corrected chi connectivity index (χ0v) is 10.8. The van der Waals surface area contributed by atoms with Crippen molar-refractivity contribution in [1.29, 1.82) is 0 Å². The van der Waals surface area contributed by atoms with Crippen molar-refractivity contribution < 1.29 is 9.53 Å². The fourth-order valence-electron chi connectivity index (χ4n) is 3.29. The van der Waals surface area contributed by atoms with Crippen LogP contribution in [0.3, 0.4) is 0 Å². The molecule has 2 fully saturated rings. The van der Waals surface area contributed by atoms with Crippen molar-refractivity contribution in [3.63, 3.8) is 0 Å². The van der Waals surface area contributed by atoms with Crippen molar-refractivity contribution >= 4 is 64.6 Å². The number of hydrogen-bond acceptors (Lipinski definition) is 3. The Morgan fingerprint density at radius 3 is 2.62 bits per heavy atom. The predicted molar refractivity (Wildman–Crippen MR) is 73.2 cm³/mol. The SMILES string of the molecule is CC1(C)C2CCC1(COC(=S)S)C(=O)C2.[NaH]. The van der Waals surface area contributed by atoms with Crippen LogP contribution >= 0.6 is 24.8 Å². The average molecular weight is 268 g/mol. The molecule has 0 heterocycles. The molecule has 2 unspecified atom stereocenters. The molecule has 2 saturated carbocycles.